The molecule has 0 atom stereocenters. The average Bonchev–Trinajstić information content (AvgIpc) is 2.18. The third-order valence-corrected chi connectivity index (χ3v) is 2.31. The lowest BCUT2D eigenvalue weighted by Gasteiger charge is -2.27. The molecule has 1 fully saturated rings. The summed E-state index contributed by atoms with van der Waals surface area (Å²) in [5.74, 6) is -4.73. The minimum Gasteiger partial charge on any atom is -0.478 e. The molecular formula is C10H12F2O4. The van der Waals surface area contributed by atoms with Crippen molar-refractivity contribution in [1.82, 2.24) is 0 Å². The highest BCUT2D eigenvalue weighted by Gasteiger charge is 2.36. The highest BCUT2D eigenvalue weighted by atomic mass is 19.3. The fourth-order valence-electron chi connectivity index (χ4n) is 1.47. The van der Waals surface area contributed by atoms with Crippen LogP contribution in [0.1, 0.15) is 25.7 Å². The number of hydrogen-bond donors (Lipinski definition) is 1. The van der Waals surface area contributed by atoms with E-state index in [2.05, 4.69) is 0 Å². The summed E-state index contributed by atoms with van der Waals surface area (Å²) in [4.78, 5) is 21.1. The fourth-order valence-corrected chi connectivity index (χ4v) is 1.47. The van der Waals surface area contributed by atoms with Gasteiger partial charge in [0, 0.05) is 25.0 Å². The number of carboxylic acid groups (broad SMARTS) is 1. The molecule has 6 heteroatoms. The van der Waals surface area contributed by atoms with Crippen LogP contribution in [0, 0.1) is 0 Å². The third kappa shape index (κ3) is 4.37. The molecule has 0 amide bonds. The molecule has 0 aromatic rings. The number of ether oxygens (including phenoxy) is 1. The Hall–Kier alpha value is -1.46. The second-order valence-corrected chi connectivity index (χ2v) is 3.66. The monoisotopic (exact) mass is 234 g/mol. The quantitative estimate of drug-likeness (QED) is 0.596. The summed E-state index contributed by atoms with van der Waals surface area (Å²) in [6.07, 6.45) is 0.514. The van der Waals surface area contributed by atoms with Crippen LogP contribution >= 0.6 is 0 Å². The van der Waals surface area contributed by atoms with E-state index >= 15 is 0 Å². The van der Waals surface area contributed by atoms with Crippen molar-refractivity contribution in [1.29, 1.82) is 0 Å². The molecule has 0 heterocycles. The van der Waals surface area contributed by atoms with Crippen molar-refractivity contribution in [2.45, 2.75) is 37.7 Å². The summed E-state index contributed by atoms with van der Waals surface area (Å²) in [5.41, 5.74) is 0. The third-order valence-electron chi connectivity index (χ3n) is 2.31. The normalized spacial score (nSPS) is 20.9. The van der Waals surface area contributed by atoms with Crippen LogP contribution in [-0.2, 0) is 14.3 Å². The SMILES string of the molecule is O=C(O)/C=C/C(=O)OC1CCC(F)(F)CC1. The zero-order chi connectivity index (χ0) is 12.2. The van der Waals surface area contributed by atoms with E-state index in [0.29, 0.717) is 6.08 Å². The van der Waals surface area contributed by atoms with Crippen molar-refractivity contribution in [2.24, 2.45) is 0 Å². The van der Waals surface area contributed by atoms with Crippen molar-refractivity contribution in [2.75, 3.05) is 0 Å². The van der Waals surface area contributed by atoms with Crippen LogP contribution in [-0.4, -0.2) is 29.1 Å². The van der Waals surface area contributed by atoms with E-state index in [1.165, 1.54) is 0 Å². The summed E-state index contributed by atoms with van der Waals surface area (Å²) < 4.78 is 30.3. The van der Waals surface area contributed by atoms with E-state index < -0.39 is 24.0 Å². The van der Waals surface area contributed by atoms with Gasteiger partial charge in [0.2, 0.25) is 5.92 Å². The molecule has 1 saturated carbocycles. The lowest BCUT2D eigenvalue weighted by atomic mass is 9.94. The van der Waals surface area contributed by atoms with Crippen LogP contribution < -0.4 is 0 Å². The predicted molar refractivity (Wildman–Crippen MR) is 50.1 cm³/mol. The molecule has 16 heavy (non-hydrogen) atoms. The maximum Gasteiger partial charge on any atom is 0.331 e. The van der Waals surface area contributed by atoms with Gasteiger partial charge in [-0.2, -0.15) is 0 Å². The van der Waals surface area contributed by atoms with Gasteiger partial charge in [0.1, 0.15) is 6.10 Å². The molecule has 0 spiro atoms. The van der Waals surface area contributed by atoms with Crippen LogP contribution in [0.3, 0.4) is 0 Å². The number of esters is 1. The van der Waals surface area contributed by atoms with Crippen molar-refractivity contribution >= 4 is 11.9 Å². The van der Waals surface area contributed by atoms with Crippen molar-refractivity contribution in [3.63, 3.8) is 0 Å². The standard InChI is InChI=1S/C10H12F2O4/c11-10(12)5-3-7(4-6-10)16-9(15)2-1-8(13)14/h1-2,7H,3-6H2,(H,13,14)/b2-1+. The molecule has 1 aliphatic rings. The Morgan fingerprint density at radius 1 is 1.25 bits per heavy atom. The summed E-state index contributed by atoms with van der Waals surface area (Å²) in [7, 11) is 0. The van der Waals surface area contributed by atoms with Gasteiger partial charge in [0.05, 0.1) is 0 Å². The van der Waals surface area contributed by atoms with E-state index in [0.717, 1.165) is 6.08 Å². The molecule has 0 saturated heterocycles. The van der Waals surface area contributed by atoms with E-state index in [9.17, 15) is 18.4 Å². The number of alkyl halides is 2. The Bertz CT molecular complexity index is 302. The lowest BCUT2D eigenvalue weighted by molar-refractivity contribution is -0.149. The Kier molecular flexibility index (Phi) is 3.98. The molecule has 4 nitrogen and oxygen atoms in total. The minimum atomic E-state index is -2.67. The Morgan fingerprint density at radius 2 is 1.81 bits per heavy atom. The van der Waals surface area contributed by atoms with Crippen molar-refractivity contribution < 1.29 is 28.2 Å². The predicted octanol–water partition coefficient (Wildman–Crippen LogP) is 1.75. The second kappa shape index (κ2) is 5.05. The number of carboxylic acids is 1. The highest BCUT2D eigenvalue weighted by molar-refractivity contribution is 5.90. The molecule has 1 N–H and O–H groups in total. The van der Waals surface area contributed by atoms with Crippen molar-refractivity contribution in [3.8, 4) is 0 Å². The number of aliphatic carboxylic acids is 1. The van der Waals surface area contributed by atoms with Crippen LogP contribution in [0.5, 0.6) is 0 Å². The Morgan fingerprint density at radius 3 is 2.31 bits per heavy atom. The summed E-state index contributed by atoms with van der Waals surface area (Å²) >= 11 is 0. The number of rotatable bonds is 3. The molecule has 1 rings (SSSR count). The molecule has 1 aliphatic carbocycles. The molecule has 0 radical (unpaired) electrons. The Labute approximate surface area is 90.9 Å². The minimum absolute atomic E-state index is 0.111. The number of halogens is 2. The second-order valence-electron chi connectivity index (χ2n) is 3.66. The lowest BCUT2D eigenvalue weighted by Crippen LogP contribution is -2.30. The molecule has 0 aromatic heterocycles. The van der Waals surface area contributed by atoms with Gasteiger partial charge in [0.25, 0.3) is 0 Å². The van der Waals surface area contributed by atoms with Crippen molar-refractivity contribution in [3.05, 3.63) is 12.2 Å². The molecule has 0 aliphatic heterocycles. The van der Waals surface area contributed by atoms with Gasteiger partial charge >= 0.3 is 11.9 Å². The number of hydrogen-bond acceptors (Lipinski definition) is 3. The van der Waals surface area contributed by atoms with E-state index in [1.54, 1.807) is 0 Å². The smallest absolute Gasteiger partial charge is 0.331 e. The number of carbonyl (C=O) groups excluding carboxylic acids is 1. The van der Waals surface area contributed by atoms with Crippen LogP contribution in [0.4, 0.5) is 8.78 Å². The molecule has 0 aromatic carbocycles. The van der Waals surface area contributed by atoms with E-state index in [4.69, 9.17) is 9.84 Å². The van der Waals surface area contributed by atoms with Crippen LogP contribution in [0.2, 0.25) is 0 Å². The summed E-state index contributed by atoms with van der Waals surface area (Å²) in [6.45, 7) is 0. The van der Waals surface area contributed by atoms with Gasteiger partial charge in [-0.15, -0.1) is 0 Å². The topological polar surface area (TPSA) is 63.6 Å². The van der Waals surface area contributed by atoms with Gasteiger partial charge in [-0.05, 0) is 12.8 Å². The van der Waals surface area contributed by atoms with Gasteiger partial charge in [-0.1, -0.05) is 0 Å². The molecule has 0 unspecified atom stereocenters. The molecule has 90 valence electrons. The van der Waals surface area contributed by atoms with Gasteiger partial charge in [-0.25, -0.2) is 18.4 Å². The largest absolute Gasteiger partial charge is 0.478 e. The first-order valence-corrected chi connectivity index (χ1v) is 4.88. The summed E-state index contributed by atoms with van der Waals surface area (Å²) in [6, 6.07) is 0. The van der Waals surface area contributed by atoms with Gasteiger partial charge in [-0.3, -0.25) is 0 Å². The van der Waals surface area contributed by atoms with E-state index in [-0.39, 0.29) is 25.7 Å². The highest BCUT2D eigenvalue weighted by Crippen LogP contribution is 2.34. The molecule has 0 bridgehead atoms. The molecular weight excluding hydrogens is 222 g/mol. The average molecular weight is 234 g/mol. The first-order chi connectivity index (χ1) is 7.39. The van der Waals surface area contributed by atoms with Gasteiger partial charge < -0.3 is 9.84 Å². The summed E-state index contributed by atoms with van der Waals surface area (Å²) in [5, 5.41) is 8.24. The zero-order valence-corrected chi connectivity index (χ0v) is 8.49. The Balaban J connectivity index is 2.34. The first-order valence-electron chi connectivity index (χ1n) is 4.88. The first kappa shape index (κ1) is 12.6. The zero-order valence-electron chi connectivity index (χ0n) is 8.49. The van der Waals surface area contributed by atoms with E-state index in [1.807, 2.05) is 0 Å². The fraction of sp³-hybridized carbons (Fsp3) is 0.600. The number of carbonyl (C=O) groups is 2. The maximum absolute atomic E-state index is 12.7. The van der Waals surface area contributed by atoms with Crippen LogP contribution in [0.25, 0.3) is 0 Å². The van der Waals surface area contributed by atoms with Crippen LogP contribution in [0.15, 0.2) is 12.2 Å². The maximum atomic E-state index is 12.7. The van der Waals surface area contributed by atoms with Gasteiger partial charge in [0.15, 0.2) is 0 Å².